The van der Waals surface area contributed by atoms with E-state index in [1.807, 2.05) is 6.07 Å². The van der Waals surface area contributed by atoms with Crippen LogP contribution in [0.5, 0.6) is 0 Å². The summed E-state index contributed by atoms with van der Waals surface area (Å²) >= 11 is 0. The van der Waals surface area contributed by atoms with Gasteiger partial charge >= 0.3 is 0 Å². The molecule has 0 aliphatic heterocycles. The lowest BCUT2D eigenvalue weighted by atomic mass is 10.0. The summed E-state index contributed by atoms with van der Waals surface area (Å²) in [6.07, 6.45) is 0. The number of rotatable bonds is 4. The van der Waals surface area contributed by atoms with Crippen LogP contribution in [-0.4, -0.2) is 9.55 Å². The van der Waals surface area contributed by atoms with Crippen LogP contribution in [0.15, 0.2) is 103 Å². The Morgan fingerprint density at radius 2 is 1.27 bits per heavy atom. The number of para-hydroxylation sites is 1. The van der Waals surface area contributed by atoms with E-state index in [2.05, 4.69) is 115 Å². The van der Waals surface area contributed by atoms with E-state index in [4.69, 9.17) is 4.98 Å². The van der Waals surface area contributed by atoms with Crippen molar-refractivity contribution >= 4 is 11.0 Å². The molecule has 0 bridgehead atoms. The Bertz CT molecular complexity index is 1300. The number of hydrogen-bond acceptors (Lipinski definition) is 1. The van der Waals surface area contributed by atoms with Crippen molar-refractivity contribution in [2.45, 2.75) is 19.8 Å². The summed E-state index contributed by atoms with van der Waals surface area (Å²) in [7, 11) is 0. The van der Waals surface area contributed by atoms with Crippen LogP contribution in [0, 0.1) is 0 Å². The first kappa shape index (κ1) is 18.4. The molecule has 4 aromatic carbocycles. The molecule has 30 heavy (non-hydrogen) atoms. The van der Waals surface area contributed by atoms with Gasteiger partial charge in [-0.2, -0.15) is 0 Å². The number of benzene rings is 4. The molecule has 0 fully saturated rings. The summed E-state index contributed by atoms with van der Waals surface area (Å²) in [6.45, 7) is 4.49. The Morgan fingerprint density at radius 1 is 0.633 bits per heavy atom. The van der Waals surface area contributed by atoms with E-state index in [1.54, 1.807) is 0 Å². The van der Waals surface area contributed by atoms with Crippen molar-refractivity contribution in [3.8, 4) is 28.2 Å². The Kier molecular flexibility index (Phi) is 4.68. The molecule has 1 heterocycles. The maximum Gasteiger partial charge on any atom is 0.145 e. The van der Waals surface area contributed by atoms with Crippen LogP contribution in [0.1, 0.15) is 25.3 Å². The minimum Gasteiger partial charge on any atom is -0.292 e. The summed E-state index contributed by atoms with van der Waals surface area (Å²) in [5.74, 6) is 1.39. The zero-order valence-corrected chi connectivity index (χ0v) is 17.3. The average Bonchev–Trinajstić information content (AvgIpc) is 3.19. The molecule has 5 rings (SSSR count). The molecule has 2 heteroatoms. The van der Waals surface area contributed by atoms with E-state index in [0.29, 0.717) is 5.92 Å². The molecule has 0 N–H and O–H groups in total. The van der Waals surface area contributed by atoms with Crippen molar-refractivity contribution in [3.63, 3.8) is 0 Å². The third-order valence-corrected chi connectivity index (χ3v) is 5.59. The second kappa shape index (κ2) is 7.64. The summed E-state index contributed by atoms with van der Waals surface area (Å²) < 4.78 is 2.33. The summed E-state index contributed by atoms with van der Waals surface area (Å²) in [4.78, 5) is 5.06. The van der Waals surface area contributed by atoms with Gasteiger partial charge in [0, 0.05) is 5.56 Å². The maximum atomic E-state index is 5.06. The van der Waals surface area contributed by atoms with Gasteiger partial charge in [-0.05, 0) is 40.8 Å². The fourth-order valence-electron chi connectivity index (χ4n) is 4.09. The van der Waals surface area contributed by atoms with Gasteiger partial charge in [0.15, 0.2) is 0 Å². The highest BCUT2D eigenvalue weighted by atomic mass is 15.1. The Hall–Kier alpha value is -3.65. The molecule has 0 aliphatic carbocycles. The summed E-state index contributed by atoms with van der Waals surface area (Å²) in [5.41, 5.74) is 8.18. The van der Waals surface area contributed by atoms with E-state index in [0.717, 1.165) is 22.4 Å². The normalized spacial score (nSPS) is 11.3. The zero-order valence-electron chi connectivity index (χ0n) is 17.3. The molecule has 0 saturated carbocycles. The molecule has 146 valence electrons. The lowest BCUT2D eigenvalue weighted by Crippen LogP contribution is -2.03. The van der Waals surface area contributed by atoms with Crippen molar-refractivity contribution in [3.05, 3.63) is 109 Å². The second-order valence-corrected chi connectivity index (χ2v) is 7.92. The molecular formula is C28H24N2. The van der Waals surface area contributed by atoms with Gasteiger partial charge in [-0.3, -0.25) is 4.57 Å². The largest absolute Gasteiger partial charge is 0.292 e. The van der Waals surface area contributed by atoms with Crippen LogP contribution in [0.2, 0.25) is 0 Å². The molecule has 0 spiro atoms. The van der Waals surface area contributed by atoms with Gasteiger partial charge in [-0.15, -0.1) is 0 Å². The number of aromatic nitrogens is 2. The number of imidazole rings is 1. The van der Waals surface area contributed by atoms with E-state index in [-0.39, 0.29) is 0 Å². The van der Waals surface area contributed by atoms with Gasteiger partial charge in [0.2, 0.25) is 0 Å². The lowest BCUT2D eigenvalue weighted by molar-refractivity contribution is 0.851. The van der Waals surface area contributed by atoms with Gasteiger partial charge in [0.25, 0.3) is 0 Å². The van der Waals surface area contributed by atoms with Crippen molar-refractivity contribution in [2.24, 2.45) is 0 Å². The van der Waals surface area contributed by atoms with Crippen LogP contribution in [-0.2, 0) is 0 Å². The molecule has 0 saturated heterocycles. The first-order valence-corrected chi connectivity index (χ1v) is 10.4. The van der Waals surface area contributed by atoms with Crippen LogP contribution in [0.3, 0.4) is 0 Å². The standard InChI is InChI=1S/C28H24N2/c1-20(2)24-15-9-10-16-26(24)30-27-19-23(21-11-5-3-6-12-21)17-18-25(27)29-28(30)22-13-7-4-8-14-22/h3-20H,1-2H3. The predicted molar refractivity (Wildman–Crippen MR) is 126 cm³/mol. The SMILES string of the molecule is CC(C)c1ccccc1-n1c(-c2ccccc2)nc2ccc(-c3ccccc3)cc21. The molecule has 0 unspecified atom stereocenters. The first-order chi connectivity index (χ1) is 14.7. The minimum absolute atomic E-state index is 0.416. The van der Waals surface area contributed by atoms with Crippen LogP contribution >= 0.6 is 0 Å². The van der Waals surface area contributed by atoms with Gasteiger partial charge in [0.1, 0.15) is 5.82 Å². The molecule has 0 radical (unpaired) electrons. The number of fused-ring (bicyclic) bond motifs is 1. The van der Waals surface area contributed by atoms with Crippen LogP contribution < -0.4 is 0 Å². The number of nitrogens with zero attached hydrogens (tertiary/aromatic N) is 2. The fraction of sp³-hybridized carbons (Fsp3) is 0.107. The molecule has 0 amide bonds. The van der Waals surface area contributed by atoms with Crippen molar-refractivity contribution in [1.82, 2.24) is 9.55 Å². The molecule has 5 aromatic rings. The third-order valence-electron chi connectivity index (χ3n) is 5.59. The topological polar surface area (TPSA) is 17.8 Å². The fourth-order valence-corrected chi connectivity index (χ4v) is 4.09. The lowest BCUT2D eigenvalue weighted by Gasteiger charge is -2.17. The third kappa shape index (κ3) is 3.21. The van der Waals surface area contributed by atoms with Crippen molar-refractivity contribution < 1.29 is 0 Å². The Labute approximate surface area is 177 Å². The highest BCUT2D eigenvalue weighted by Gasteiger charge is 2.18. The quantitative estimate of drug-likeness (QED) is 0.312. The van der Waals surface area contributed by atoms with E-state index in [1.165, 1.54) is 22.4 Å². The number of hydrogen-bond donors (Lipinski definition) is 0. The zero-order chi connectivity index (χ0) is 20.5. The molecular weight excluding hydrogens is 364 g/mol. The molecule has 1 aromatic heterocycles. The second-order valence-electron chi connectivity index (χ2n) is 7.92. The Morgan fingerprint density at radius 3 is 1.97 bits per heavy atom. The monoisotopic (exact) mass is 388 g/mol. The van der Waals surface area contributed by atoms with E-state index >= 15 is 0 Å². The van der Waals surface area contributed by atoms with E-state index < -0.39 is 0 Å². The predicted octanol–water partition coefficient (Wildman–Crippen LogP) is 7.48. The molecule has 0 atom stereocenters. The van der Waals surface area contributed by atoms with Gasteiger partial charge in [0.05, 0.1) is 16.7 Å². The van der Waals surface area contributed by atoms with Gasteiger partial charge in [-0.25, -0.2) is 4.98 Å². The summed E-state index contributed by atoms with van der Waals surface area (Å²) in [5, 5.41) is 0. The smallest absolute Gasteiger partial charge is 0.145 e. The molecule has 0 aliphatic rings. The van der Waals surface area contributed by atoms with Crippen LogP contribution in [0.4, 0.5) is 0 Å². The summed E-state index contributed by atoms with van der Waals surface area (Å²) in [6, 6.07) is 36.2. The molecule has 2 nitrogen and oxygen atoms in total. The van der Waals surface area contributed by atoms with E-state index in [9.17, 15) is 0 Å². The highest BCUT2D eigenvalue weighted by molar-refractivity contribution is 5.87. The first-order valence-electron chi connectivity index (χ1n) is 10.4. The highest BCUT2D eigenvalue weighted by Crippen LogP contribution is 2.34. The van der Waals surface area contributed by atoms with Crippen LogP contribution in [0.25, 0.3) is 39.2 Å². The average molecular weight is 389 g/mol. The maximum absolute atomic E-state index is 5.06. The van der Waals surface area contributed by atoms with Crippen molar-refractivity contribution in [2.75, 3.05) is 0 Å². The Balaban J connectivity index is 1.84. The van der Waals surface area contributed by atoms with Crippen molar-refractivity contribution in [1.29, 1.82) is 0 Å². The van der Waals surface area contributed by atoms with Gasteiger partial charge < -0.3 is 0 Å². The van der Waals surface area contributed by atoms with Gasteiger partial charge in [-0.1, -0.05) is 98.8 Å². The minimum atomic E-state index is 0.416.